The number of H-pyrrole nitrogens is 1. The second-order valence-corrected chi connectivity index (χ2v) is 6.19. The van der Waals surface area contributed by atoms with Crippen molar-refractivity contribution in [2.24, 2.45) is 11.5 Å². The molecule has 2 rings (SSSR count). The topological polar surface area (TPSA) is 164 Å². The number of hydrogen-bond donors (Lipinski definition) is 5. The van der Waals surface area contributed by atoms with Gasteiger partial charge in [0, 0.05) is 16.1 Å². The number of halogens is 1. The number of nitrogens with one attached hydrogen (secondary N) is 1. The van der Waals surface area contributed by atoms with Crippen LogP contribution in [-0.2, 0) is 16.8 Å². The van der Waals surface area contributed by atoms with E-state index in [2.05, 4.69) is 5.10 Å². The predicted molar refractivity (Wildman–Crippen MR) is 94.6 cm³/mol. The van der Waals surface area contributed by atoms with Gasteiger partial charge in [0.15, 0.2) is 5.11 Å². The van der Waals surface area contributed by atoms with Crippen molar-refractivity contribution in [2.75, 3.05) is 6.54 Å². The molecule has 0 saturated heterocycles. The van der Waals surface area contributed by atoms with E-state index in [1.165, 1.54) is 0 Å². The summed E-state index contributed by atoms with van der Waals surface area (Å²) in [5, 5.41) is 3.45. The molecular formula is C12H15ClN4O5S2. The van der Waals surface area contributed by atoms with E-state index in [-0.39, 0.29) is 10.7 Å². The fourth-order valence-corrected chi connectivity index (χ4v) is 2.21. The van der Waals surface area contributed by atoms with E-state index >= 15 is 0 Å². The summed E-state index contributed by atoms with van der Waals surface area (Å²) in [5.74, 6) is 0. The Morgan fingerprint density at radius 3 is 2.42 bits per heavy atom. The molecule has 0 aliphatic heterocycles. The number of aromatic nitrogens is 2. The summed E-state index contributed by atoms with van der Waals surface area (Å²) < 4.78 is 32.7. The van der Waals surface area contributed by atoms with Crippen molar-refractivity contribution in [2.45, 2.75) is 6.42 Å². The monoisotopic (exact) mass is 394 g/mol. The van der Waals surface area contributed by atoms with Gasteiger partial charge in [0.25, 0.3) is 5.56 Å². The van der Waals surface area contributed by atoms with Gasteiger partial charge in [0.1, 0.15) is 0 Å². The van der Waals surface area contributed by atoms with E-state index < -0.39 is 10.4 Å². The predicted octanol–water partition coefficient (Wildman–Crippen LogP) is 0.437. The molecule has 0 fully saturated rings. The SMILES string of the molecule is NCCc1c(-c2cccc(Cl)c2)[nH]n(C(N)=S)c1=O.O=S(=O)(O)O. The quantitative estimate of drug-likeness (QED) is 0.369. The van der Waals surface area contributed by atoms with Crippen LogP contribution >= 0.6 is 23.8 Å². The summed E-state index contributed by atoms with van der Waals surface area (Å²) in [4.78, 5) is 12.2. The van der Waals surface area contributed by atoms with Crippen molar-refractivity contribution in [3.63, 3.8) is 0 Å². The molecule has 0 radical (unpaired) electrons. The lowest BCUT2D eigenvalue weighted by Gasteiger charge is -2.02. The zero-order valence-electron chi connectivity index (χ0n) is 12.1. The van der Waals surface area contributed by atoms with Gasteiger partial charge in [-0.05, 0) is 37.3 Å². The second-order valence-electron chi connectivity index (χ2n) is 4.44. The molecule has 7 N–H and O–H groups in total. The fraction of sp³-hybridized carbons (Fsp3) is 0.167. The zero-order chi connectivity index (χ0) is 18.5. The van der Waals surface area contributed by atoms with Crippen molar-refractivity contribution in [3.05, 3.63) is 45.2 Å². The smallest absolute Gasteiger partial charge is 0.374 e. The van der Waals surface area contributed by atoms with Crippen molar-refractivity contribution in [1.82, 2.24) is 9.78 Å². The first kappa shape index (κ1) is 20.3. The Kier molecular flexibility index (Phi) is 7.08. The van der Waals surface area contributed by atoms with Gasteiger partial charge >= 0.3 is 10.4 Å². The molecule has 0 aliphatic rings. The van der Waals surface area contributed by atoms with Crippen LogP contribution in [0.1, 0.15) is 5.56 Å². The molecule has 0 saturated carbocycles. The molecule has 12 heteroatoms. The van der Waals surface area contributed by atoms with Gasteiger partial charge in [-0.2, -0.15) is 13.1 Å². The zero-order valence-corrected chi connectivity index (χ0v) is 14.5. The Labute approximate surface area is 147 Å². The largest absolute Gasteiger partial charge is 0.394 e. The molecule has 0 aliphatic carbocycles. The maximum absolute atomic E-state index is 12.2. The maximum Gasteiger partial charge on any atom is 0.394 e. The molecule has 1 aromatic heterocycles. The number of benzene rings is 1. The Balaban J connectivity index is 0.000000505. The molecule has 0 amide bonds. The maximum atomic E-state index is 12.2. The van der Waals surface area contributed by atoms with Gasteiger partial charge in [-0.15, -0.1) is 0 Å². The molecule has 1 heterocycles. The summed E-state index contributed by atoms with van der Waals surface area (Å²) in [6, 6.07) is 7.18. The number of nitrogens with two attached hydrogens (primary N) is 2. The summed E-state index contributed by atoms with van der Waals surface area (Å²) in [5.41, 5.74) is 12.8. The van der Waals surface area contributed by atoms with Crippen LogP contribution in [0.25, 0.3) is 11.3 Å². The second kappa shape index (κ2) is 8.37. The van der Waals surface area contributed by atoms with Crippen LogP contribution in [0.15, 0.2) is 29.1 Å². The van der Waals surface area contributed by atoms with Crippen molar-refractivity contribution in [3.8, 4) is 11.3 Å². The average molecular weight is 395 g/mol. The van der Waals surface area contributed by atoms with Gasteiger partial charge in [-0.25, -0.2) is 0 Å². The highest BCUT2D eigenvalue weighted by Gasteiger charge is 2.16. The third-order valence-electron chi connectivity index (χ3n) is 2.71. The van der Waals surface area contributed by atoms with Crippen LogP contribution in [0, 0.1) is 0 Å². The summed E-state index contributed by atoms with van der Waals surface area (Å²) in [6.45, 7) is 0.359. The normalized spacial score (nSPS) is 10.8. The minimum atomic E-state index is -4.67. The number of thiocarbonyl (C=S) groups is 1. The Morgan fingerprint density at radius 2 is 1.96 bits per heavy atom. The molecule has 132 valence electrons. The molecule has 0 bridgehead atoms. The van der Waals surface area contributed by atoms with Crippen LogP contribution < -0.4 is 17.0 Å². The molecule has 0 unspecified atom stereocenters. The van der Waals surface area contributed by atoms with Gasteiger partial charge in [-0.3, -0.25) is 19.0 Å². The highest BCUT2D eigenvalue weighted by atomic mass is 35.5. The van der Waals surface area contributed by atoms with Gasteiger partial charge < -0.3 is 11.5 Å². The lowest BCUT2D eigenvalue weighted by atomic mass is 10.1. The minimum absolute atomic E-state index is 0.0310. The third kappa shape index (κ3) is 6.03. The van der Waals surface area contributed by atoms with E-state index in [0.29, 0.717) is 29.2 Å². The van der Waals surface area contributed by atoms with Crippen LogP contribution in [0.5, 0.6) is 0 Å². The molecule has 0 spiro atoms. The van der Waals surface area contributed by atoms with E-state index in [1.807, 2.05) is 6.07 Å². The molecule has 2 aromatic rings. The Morgan fingerprint density at radius 1 is 1.38 bits per heavy atom. The Bertz CT molecular complexity index is 883. The molecular weight excluding hydrogens is 380 g/mol. The highest BCUT2D eigenvalue weighted by molar-refractivity contribution is 7.80. The minimum Gasteiger partial charge on any atom is -0.374 e. The summed E-state index contributed by atoms with van der Waals surface area (Å²) >= 11 is 10.8. The summed E-state index contributed by atoms with van der Waals surface area (Å²) in [6.07, 6.45) is 0.437. The first-order valence-corrected chi connectivity index (χ1v) is 8.52. The standard InChI is InChI=1S/C12H13ClN4OS.H2O4S/c13-8-3-1-2-7(6-8)10-9(4-5-14)11(18)17(16-10)12(15)19;1-5(2,3)4/h1-3,6,16H,4-5,14H2,(H2,15,19);(H2,1,2,3,4). The lowest BCUT2D eigenvalue weighted by molar-refractivity contribution is 0.381. The van der Waals surface area contributed by atoms with Crippen molar-refractivity contribution >= 4 is 39.3 Å². The number of hydrogen-bond acceptors (Lipinski definition) is 5. The van der Waals surface area contributed by atoms with Crippen LogP contribution in [0.2, 0.25) is 5.02 Å². The van der Waals surface area contributed by atoms with E-state index in [9.17, 15) is 4.79 Å². The molecule has 0 atom stereocenters. The van der Waals surface area contributed by atoms with Crippen molar-refractivity contribution < 1.29 is 17.5 Å². The van der Waals surface area contributed by atoms with Gasteiger partial charge in [0.2, 0.25) is 0 Å². The number of rotatable bonds is 3. The Hall–Kier alpha value is -1.76. The van der Waals surface area contributed by atoms with E-state index in [0.717, 1.165) is 10.2 Å². The summed E-state index contributed by atoms with van der Waals surface area (Å²) in [7, 11) is -4.67. The van der Waals surface area contributed by atoms with E-state index in [1.54, 1.807) is 18.2 Å². The molecule has 1 aromatic carbocycles. The van der Waals surface area contributed by atoms with Crippen LogP contribution in [0.3, 0.4) is 0 Å². The van der Waals surface area contributed by atoms with Crippen LogP contribution in [0.4, 0.5) is 0 Å². The first-order chi connectivity index (χ1) is 11.0. The lowest BCUT2D eigenvalue weighted by Crippen LogP contribution is -2.31. The fourth-order valence-electron chi connectivity index (χ4n) is 1.89. The molecule has 24 heavy (non-hydrogen) atoms. The van der Waals surface area contributed by atoms with E-state index in [4.69, 9.17) is 52.8 Å². The van der Waals surface area contributed by atoms with Crippen LogP contribution in [-0.4, -0.2) is 39.0 Å². The number of nitrogens with zero attached hydrogens (tertiary/aromatic N) is 1. The number of aromatic amines is 1. The van der Waals surface area contributed by atoms with Gasteiger partial charge in [-0.1, -0.05) is 23.7 Å². The molecule has 9 nitrogen and oxygen atoms in total. The highest BCUT2D eigenvalue weighted by Crippen LogP contribution is 2.23. The third-order valence-corrected chi connectivity index (χ3v) is 3.13. The average Bonchev–Trinajstić information content (AvgIpc) is 2.75. The van der Waals surface area contributed by atoms with Crippen molar-refractivity contribution in [1.29, 1.82) is 0 Å². The first-order valence-electron chi connectivity index (χ1n) is 6.34. The van der Waals surface area contributed by atoms with Gasteiger partial charge in [0.05, 0.1) is 5.69 Å².